The number of benzene rings is 1. The predicted molar refractivity (Wildman–Crippen MR) is 133 cm³/mol. The number of anilines is 2. The third-order valence-electron chi connectivity index (χ3n) is 5.26. The third kappa shape index (κ3) is 4.33. The van der Waals surface area contributed by atoms with Gasteiger partial charge in [0.1, 0.15) is 46.7 Å². The average molecular weight is 502 g/mol. The number of rotatable bonds is 4. The highest BCUT2D eigenvalue weighted by Crippen LogP contribution is 2.25. The van der Waals surface area contributed by atoms with Gasteiger partial charge in [0.2, 0.25) is 0 Å². The second-order valence-corrected chi connectivity index (χ2v) is 8.05. The molecule has 0 radical (unpaired) electrons. The molecule has 4 aromatic heterocycles. The molecular formula is C24H17ClFN9O. The van der Waals surface area contributed by atoms with Gasteiger partial charge in [0.05, 0.1) is 34.4 Å². The molecule has 4 heterocycles. The van der Waals surface area contributed by atoms with Crippen LogP contribution >= 0.6 is 11.6 Å². The summed E-state index contributed by atoms with van der Waals surface area (Å²) < 4.78 is 14.6. The molecule has 0 spiro atoms. The van der Waals surface area contributed by atoms with Crippen LogP contribution in [0.1, 0.15) is 30.0 Å². The number of pyridine rings is 1. The zero-order valence-corrected chi connectivity index (χ0v) is 19.5. The average Bonchev–Trinajstić information content (AvgIpc) is 3.39. The Labute approximate surface area is 208 Å². The Morgan fingerprint density at radius 3 is 2.78 bits per heavy atom. The number of aromatic nitrogens is 7. The van der Waals surface area contributed by atoms with Gasteiger partial charge in [-0.1, -0.05) is 23.6 Å². The fourth-order valence-corrected chi connectivity index (χ4v) is 3.83. The van der Waals surface area contributed by atoms with Gasteiger partial charge in [0.25, 0.3) is 5.56 Å². The first-order valence-corrected chi connectivity index (χ1v) is 11.0. The Kier molecular flexibility index (Phi) is 6.02. The topological polar surface area (TPSA) is 140 Å². The van der Waals surface area contributed by atoms with Gasteiger partial charge < -0.3 is 11.1 Å². The van der Waals surface area contributed by atoms with E-state index in [1.807, 2.05) is 6.92 Å². The van der Waals surface area contributed by atoms with Gasteiger partial charge >= 0.3 is 0 Å². The van der Waals surface area contributed by atoms with E-state index >= 15 is 0 Å². The summed E-state index contributed by atoms with van der Waals surface area (Å²) in [4.78, 5) is 30.4. The molecule has 10 nitrogen and oxygen atoms in total. The summed E-state index contributed by atoms with van der Waals surface area (Å²) in [6.07, 6.45) is 3.90. The minimum atomic E-state index is -0.553. The van der Waals surface area contributed by atoms with Crippen LogP contribution in [0.3, 0.4) is 0 Å². The highest BCUT2D eigenvalue weighted by atomic mass is 35.5. The van der Waals surface area contributed by atoms with Gasteiger partial charge in [0, 0.05) is 6.07 Å². The lowest BCUT2D eigenvalue weighted by Crippen LogP contribution is -2.28. The molecule has 1 aromatic carbocycles. The lowest BCUT2D eigenvalue weighted by Gasteiger charge is -2.20. The Morgan fingerprint density at radius 2 is 2.03 bits per heavy atom. The van der Waals surface area contributed by atoms with Crippen LogP contribution in [0.4, 0.5) is 16.0 Å². The van der Waals surface area contributed by atoms with Crippen LogP contribution in [-0.4, -0.2) is 34.7 Å². The van der Waals surface area contributed by atoms with E-state index in [0.717, 1.165) is 6.20 Å². The van der Waals surface area contributed by atoms with Crippen LogP contribution in [0, 0.1) is 17.7 Å². The van der Waals surface area contributed by atoms with E-state index < -0.39 is 11.9 Å². The number of H-pyrrole nitrogens is 1. The largest absolute Gasteiger partial charge is 0.382 e. The lowest BCUT2D eigenvalue weighted by atomic mass is 10.2. The summed E-state index contributed by atoms with van der Waals surface area (Å²) in [5, 5.41) is 10.6. The van der Waals surface area contributed by atoms with Crippen LogP contribution in [0.2, 0.25) is 5.02 Å². The Bertz CT molecular complexity index is 1690. The molecule has 12 heteroatoms. The van der Waals surface area contributed by atoms with Crippen LogP contribution in [0.5, 0.6) is 0 Å². The zero-order chi connectivity index (χ0) is 25.2. The predicted octanol–water partition coefficient (Wildman–Crippen LogP) is 3.24. The summed E-state index contributed by atoms with van der Waals surface area (Å²) in [6, 6.07) is 8.88. The monoisotopic (exact) mass is 501 g/mol. The smallest absolute Gasteiger partial charge is 0.268 e. The summed E-state index contributed by atoms with van der Waals surface area (Å²) in [5.74, 6) is 6.51. The number of nitrogens with two attached hydrogens (primary N) is 1. The van der Waals surface area contributed by atoms with Gasteiger partial charge in [-0.3, -0.25) is 9.89 Å². The van der Waals surface area contributed by atoms with Crippen molar-refractivity contribution in [1.82, 2.24) is 34.7 Å². The molecule has 5 rings (SSSR count). The van der Waals surface area contributed by atoms with Crippen molar-refractivity contribution in [1.29, 1.82) is 0 Å². The third-order valence-corrected chi connectivity index (χ3v) is 5.57. The minimum Gasteiger partial charge on any atom is -0.382 e. The number of hydrogen-bond donors (Lipinski definition) is 3. The van der Waals surface area contributed by atoms with Gasteiger partial charge in [-0.25, -0.2) is 28.9 Å². The molecule has 4 N–H and O–H groups in total. The van der Waals surface area contributed by atoms with Crippen molar-refractivity contribution in [2.24, 2.45) is 0 Å². The Morgan fingerprint density at radius 1 is 1.17 bits per heavy atom. The summed E-state index contributed by atoms with van der Waals surface area (Å²) >= 11 is 6.32. The molecule has 5 aromatic rings. The van der Waals surface area contributed by atoms with Gasteiger partial charge in [-0.2, -0.15) is 5.10 Å². The lowest BCUT2D eigenvalue weighted by molar-refractivity contribution is 0.621. The number of nitrogens with one attached hydrogen (secondary N) is 2. The fraction of sp³-hybridized carbons (Fsp3) is 0.0833. The van der Waals surface area contributed by atoms with Crippen molar-refractivity contribution < 1.29 is 4.39 Å². The summed E-state index contributed by atoms with van der Waals surface area (Å²) in [5.41, 5.74) is 6.82. The maximum Gasteiger partial charge on any atom is 0.268 e. The standard InChI is InChI=1S/C24H17ClFN9O/c1-13(32-22-16(21(27)29-12-30-22)8-7-15-6-5-14(26)11-28-15)23-33-18-4-2-3-17(25)20(18)24(36)35(23)19-9-10-31-34-19/h2-6,9-13H,1H3,(H,31,34)(H3,27,29,30,32). The fourth-order valence-electron chi connectivity index (χ4n) is 3.58. The molecule has 0 amide bonds. The number of nitrogens with zero attached hydrogens (tertiary/aromatic N) is 6. The second-order valence-electron chi connectivity index (χ2n) is 7.65. The summed E-state index contributed by atoms with van der Waals surface area (Å²) in [7, 11) is 0. The Balaban J connectivity index is 1.59. The highest BCUT2D eigenvalue weighted by molar-refractivity contribution is 6.35. The van der Waals surface area contributed by atoms with E-state index in [4.69, 9.17) is 22.3 Å². The van der Waals surface area contributed by atoms with E-state index in [2.05, 4.69) is 42.3 Å². The molecule has 0 aliphatic rings. The molecular weight excluding hydrogens is 485 g/mol. The second kappa shape index (κ2) is 9.44. The molecule has 1 unspecified atom stereocenters. The highest BCUT2D eigenvalue weighted by Gasteiger charge is 2.21. The Hall–Kier alpha value is -4.82. The molecule has 1 atom stereocenters. The molecule has 36 heavy (non-hydrogen) atoms. The van der Waals surface area contributed by atoms with E-state index in [1.54, 1.807) is 24.3 Å². The van der Waals surface area contributed by atoms with Crippen molar-refractivity contribution in [3.05, 3.63) is 93.4 Å². The molecule has 0 fully saturated rings. The first kappa shape index (κ1) is 22.9. The van der Waals surface area contributed by atoms with Gasteiger partial charge in [-0.15, -0.1) is 0 Å². The SMILES string of the molecule is CC(Nc1ncnc(N)c1C#Cc1ccc(F)cn1)c1nc2cccc(Cl)c2c(=O)n1-c1ccn[nH]1. The number of halogens is 2. The van der Waals surface area contributed by atoms with E-state index in [1.165, 1.54) is 29.2 Å². The first-order valence-electron chi connectivity index (χ1n) is 10.6. The van der Waals surface area contributed by atoms with Crippen molar-refractivity contribution >= 4 is 34.1 Å². The van der Waals surface area contributed by atoms with Crippen LogP contribution in [0.15, 0.2) is 59.9 Å². The summed E-state index contributed by atoms with van der Waals surface area (Å²) in [6.45, 7) is 1.81. The normalized spacial score (nSPS) is 11.6. The van der Waals surface area contributed by atoms with Crippen LogP contribution in [-0.2, 0) is 0 Å². The molecule has 0 aliphatic carbocycles. The molecule has 178 valence electrons. The van der Waals surface area contributed by atoms with Crippen molar-refractivity contribution in [3.63, 3.8) is 0 Å². The van der Waals surface area contributed by atoms with E-state index in [9.17, 15) is 9.18 Å². The van der Waals surface area contributed by atoms with Crippen molar-refractivity contribution in [3.8, 4) is 17.7 Å². The van der Waals surface area contributed by atoms with Crippen molar-refractivity contribution in [2.45, 2.75) is 13.0 Å². The number of aromatic amines is 1. The zero-order valence-electron chi connectivity index (χ0n) is 18.7. The maximum absolute atomic E-state index is 13.5. The van der Waals surface area contributed by atoms with Crippen molar-refractivity contribution in [2.75, 3.05) is 11.1 Å². The van der Waals surface area contributed by atoms with Crippen LogP contribution in [0.25, 0.3) is 16.7 Å². The van der Waals surface area contributed by atoms with Crippen LogP contribution < -0.4 is 16.6 Å². The minimum absolute atomic E-state index is 0.138. The van der Waals surface area contributed by atoms with Gasteiger partial charge in [0.15, 0.2) is 0 Å². The number of nitrogen functional groups attached to an aromatic ring is 1. The first-order chi connectivity index (χ1) is 17.4. The quantitative estimate of drug-likeness (QED) is 0.319. The van der Waals surface area contributed by atoms with E-state index in [0.29, 0.717) is 39.3 Å². The van der Waals surface area contributed by atoms with E-state index in [-0.39, 0.29) is 16.8 Å². The maximum atomic E-state index is 13.5. The van der Waals surface area contributed by atoms with Gasteiger partial charge in [-0.05, 0) is 37.1 Å². The molecule has 0 saturated carbocycles. The molecule has 0 aliphatic heterocycles. The number of hydrogen-bond acceptors (Lipinski definition) is 8. The number of fused-ring (bicyclic) bond motifs is 1. The molecule has 0 bridgehead atoms. The molecule has 0 saturated heterocycles.